The minimum atomic E-state index is -0.0157. The Bertz CT molecular complexity index is 452. The first-order valence-electron chi connectivity index (χ1n) is 4.51. The van der Waals surface area contributed by atoms with Crippen molar-refractivity contribution in [2.24, 2.45) is 0 Å². The summed E-state index contributed by atoms with van der Waals surface area (Å²) >= 11 is 0. The minimum absolute atomic E-state index is 0.0157. The lowest BCUT2D eigenvalue weighted by Crippen LogP contribution is -2.22. The average molecular weight is 189 g/mol. The normalized spacial score (nSPS) is 9.93. The van der Waals surface area contributed by atoms with E-state index in [1.807, 2.05) is 20.8 Å². The summed E-state index contributed by atoms with van der Waals surface area (Å²) in [5.41, 5.74) is 3.69. The van der Waals surface area contributed by atoms with Crippen molar-refractivity contribution < 1.29 is 0 Å². The molecule has 0 bridgehead atoms. The smallest absolute Gasteiger partial charge is 0.258 e. The van der Waals surface area contributed by atoms with E-state index in [4.69, 9.17) is 0 Å². The summed E-state index contributed by atoms with van der Waals surface area (Å²) in [6.07, 6.45) is 3.21. The number of nitrogens with zero attached hydrogens (tertiary/aromatic N) is 1. The highest BCUT2D eigenvalue weighted by Crippen LogP contribution is 2.15. The fourth-order valence-corrected chi connectivity index (χ4v) is 1.54. The van der Waals surface area contributed by atoms with Crippen LogP contribution in [0.1, 0.15) is 22.4 Å². The zero-order valence-corrected chi connectivity index (χ0v) is 8.92. The molecule has 0 saturated heterocycles. The van der Waals surface area contributed by atoms with E-state index in [-0.39, 0.29) is 5.56 Å². The number of aromatic nitrogens is 1. The van der Waals surface area contributed by atoms with Crippen LogP contribution in [0.3, 0.4) is 0 Å². The predicted molar refractivity (Wildman–Crippen MR) is 61.4 cm³/mol. The molecule has 0 atom stereocenters. The van der Waals surface area contributed by atoms with Gasteiger partial charge in [-0.2, -0.15) is 0 Å². The third kappa shape index (κ3) is 1.33. The molecule has 0 N–H and O–H groups in total. The maximum absolute atomic E-state index is 11.8. The first kappa shape index (κ1) is 10.5. The molecule has 2 nitrogen and oxygen atoms in total. The van der Waals surface area contributed by atoms with Crippen molar-refractivity contribution in [2.75, 3.05) is 0 Å². The van der Waals surface area contributed by atoms with E-state index in [9.17, 15) is 4.79 Å². The second-order valence-corrected chi connectivity index (χ2v) is 3.32. The van der Waals surface area contributed by atoms with Gasteiger partial charge in [-0.15, -0.1) is 0 Å². The van der Waals surface area contributed by atoms with Gasteiger partial charge in [-0.05, 0) is 38.0 Å². The molecule has 0 saturated carbocycles. The Balaban J connectivity index is 3.83. The van der Waals surface area contributed by atoms with Crippen LogP contribution in [0, 0.1) is 20.8 Å². The Morgan fingerprint density at radius 1 is 1.07 bits per heavy atom. The lowest BCUT2D eigenvalue weighted by atomic mass is 10.0. The van der Waals surface area contributed by atoms with Crippen LogP contribution in [-0.4, -0.2) is 4.57 Å². The van der Waals surface area contributed by atoms with Gasteiger partial charge in [0.2, 0.25) is 0 Å². The van der Waals surface area contributed by atoms with Crippen molar-refractivity contribution >= 4 is 12.3 Å². The van der Waals surface area contributed by atoms with Crippen molar-refractivity contribution in [3.63, 3.8) is 0 Å². The summed E-state index contributed by atoms with van der Waals surface area (Å²) in [6.45, 7) is 13.1. The maximum Gasteiger partial charge on any atom is 0.258 e. The Morgan fingerprint density at radius 3 is 2.07 bits per heavy atom. The highest BCUT2D eigenvalue weighted by atomic mass is 16.1. The molecule has 0 unspecified atom stereocenters. The minimum Gasteiger partial charge on any atom is -0.284 e. The molecule has 1 aromatic heterocycles. The average Bonchev–Trinajstić information content (AvgIpc) is 2.20. The van der Waals surface area contributed by atoms with Crippen molar-refractivity contribution in [3.05, 3.63) is 45.9 Å². The molecule has 0 aromatic carbocycles. The van der Waals surface area contributed by atoms with E-state index in [1.54, 1.807) is 6.08 Å². The Kier molecular flexibility index (Phi) is 2.75. The van der Waals surface area contributed by atoms with Crippen molar-refractivity contribution in [1.29, 1.82) is 0 Å². The highest BCUT2D eigenvalue weighted by Gasteiger charge is 2.09. The van der Waals surface area contributed by atoms with E-state index in [0.717, 1.165) is 22.4 Å². The molecule has 0 amide bonds. The summed E-state index contributed by atoms with van der Waals surface area (Å²) in [5.74, 6) is 0. The molecule has 74 valence electrons. The molecule has 0 radical (unpaired) electrons. The molecular formula is C12H15NO. The van der Waals surface area contributed by atoms with Gasteiger partial charge in [0.1, 0.15) is 0 Å². The maximum atomic E-state index is 11.8. The molecule has 0 fully saturated rings. The topological polar surface area (TPSA) is 22.0 Å². The monoisotopic (exact) mass is 189 g/mol. The van der Waals surface area contributed by atoms with Crippen LogP contribution < -0.4 is 5.56 Å². The highest BCUT2D eigenvalue weighted by molar-refractivity contribution is 5.54. The van der Waals surface area contributed by atoms with Gasteiger partial charge < -0.3 is 0 Å². The molecule has 1 heterocycles. The van der Waals surface area contributed by atoms with E-state index in [0.29, 0.717) is 0 Å². The van der Waals surface area contributed by atoms with E-state index < -0.39 is 0 Å². The SMILES string of the molecule is C=Cc1c(C)c(C)c(C)c(=O)n1C=C. The van der Waals surface area contributed by atoms with Gasteiger partial charge in [0.25, 0.3) is 5.56 Å². The van der Waals surface area contributed by atoms with Crippen molar-refractivity contribution in [1.82, 2.24) is 4.57 Å². The lowest BCUT2D eigenvalue weighted by Gasteiger charge is -2.13. The Hall–Kier alpha value is -1.57. The first-order chi connectivity index (χ1) is 6.54. The number of rotatable bonds is 2. The molecule has 2 heteroatoms. The van der Waals surface area contributed by atoms with Crippen LogP contribution in [0.15, 0.2) is 18.0 Å². The van der Waals surface area contributed by atoms with Gasteiger partial charge in [-0.3, -0.25) is 9.36 Å². The molecule has 0 spiro atoms. The van der Waals surface area contributed by atoms with Crippen LogP contribution in [0.2, 0.25) is 0 Å². The molecule has 1 rings (SSSR count). The van der Waals surface area contributed by atoms with Gasteiger partial charge in [-0.1, -0.05) is 13.2 Å². The van der Waals surface area contributed by atoms with E-state index in [2.05, 4.69) is 13.2 Å². The Labute approximate surface area is 84.2 Å². The van der Waals surface area contributed by atoms with Crippen LogP contribution in [0.5, 0.6) is 0 Å². The molecule has 0 aliphatic carbocycles. The second-order valence-electron chi connectivity index (χ2n) is 3.32. The summed E-state index contributed by atoms with van der Waals surface area (Å²) < 4.78 is 1.53. The second kappa shape index (κ2) is 3.66. The summed E-state index contributed by atoms with van der Waals surface area (Å²) in [7, 11) is 0. The quantitative estimate of drug-likeness (QED) is 0.700. The number of hydrogen-bond acceptors (Lipinski definition) is 1. The van der Waals surface area contributed by atoms with Gasteiger partial charge in [0.15, 0.2) is 0 Å². The molecular weight excluding hydrogens is 174 g/mol. The van der Waals surface area contributed by atoms with Gasteiger partial charge in [0.05, 0.1) is 5.69 Å². The number of hydrogen-bond donors (Lipinski definition) is 0. The summed E-state index contributed by atoms with van der Waals surface area (Å²) in [6, 6.07) is 0. The fourth-order valence-electron chi connectivity index (χ4n) is 1.54. The summed E-state index contributed by atoms with van der Waals surface area (Å²) in [4.78, 5) is 11.8. The molecule has 1 aromatic rings. The van der Waals surface area contributed by atoms with Crippen LogP contribution in [-0.2, 0) is 0 Å². The van der Waals surface area contributed by atoms with Crippen LogP contribution in [0.4, 0.5) is 0 Å². The van der Waals surface area contributed by atoms with Crippen molar-refractivity contribution in [2.45, 2.75) is 20.8 Å². The first-order valence-corrected chi connectivity index (χ1v) is 4.51. The van der Waals surface area contributed by atoms with Gasteiger partial charge in [-0.25, -0.2) is 0 Å². The fraction of sp³-hybridized carbons (Fsp3) is 0.250. The lowest BCUT2D eigenvalue weighted by molar-refractivity contribution is 0.979. The molecule has 0 aliphatic heterocycles. The molecule has 0 aliphatic rings. The predicted octanol–water partition coefficient (Wildman–Crippen LogP) is 2.52. The van der Waals surface area contributed by atoms with E-state index >= 15 is 0 Å². The zero-order chi connectivity index (χ0) is 10.9. The largest absolute Gasteiger partial charge is 0.284 e. The van der Waals surface area contributed by atoms with Crippen LogP contribution >= 0.6 is 0 Å². The molecule has 14 heavy (non-hydrogen) atoms. The Morgan fingerprint density at radius 2 is 1.64 bits per heavy atom. The third-order valence-electron chi connectivity index (χ3n) is 2.68. The van der Waals surface area contributed by atoms with E-state index in [1.165, 1.54) is 10.8 Å². The third-order valence-corrected chi connectivity index (χ3v) is 2.68. The summed E-state index contributed by atoms with van der Waals surface area (Å²) in [5, 5.41) is 0. The zero-order valence-electron chi connectivity index (χ0n) is 8.92. The standard InChI is InChI=1S/C12H15NO/c1-6-11-9(4)8(3)10(5)12(14)13(11)7-2/h6-7H,1-2H2,3-5H3. The van der Waals surface area contributed by atoms with Crippen molar-refractivity contribution in [3.8, 4) is 0 Å². The number of pyridine rings is 1. The van der Waals surface area contributed by atoms with Gasteiger partial charge in [0, 0.05) is 11.8 Å². The van der Waals surface area contributed by atoms with Crippen LogP contribution in [0.25, 0.3) is 12.3 Å². The van der Waals surface area contributed by atoms with Gasteiger partial charge >= 0.3 is 0 Å².